The van der Waals surface area contributed by atoms with Crippen LogP contribution in [0.2, 0.25) is 0 Å². The second-order valence-electron chi connectivity index (χ2n) is 3.70. The molecule has 0 bridgehead atoms. The molecular weight excluding hydrogens is 218 g/mol. The number of carboxylic acids is 1. The molecule has 0 saturated carbocycles. The molecule has 0 aliphatic heterocycles. The van der Waals surface area contributed by atoms with Gasteiger partial charge in [-0.25, -0.2) is 0 Å². The van der Waals surface area contributed by atoms with E-state index in [1.807, 2.05) is 13.0 Å². The largest absolute Gasteiger partial charge is 0.494 e. The summed E-state index contributed by atoms with van der Waals surface area (Å²) in [7, 11) is 0. The minimum atomic E-state index is -0.970. The SMILES string of the molecule is CCCOc1ccc([C@H](C#N)CC(=O)O)cc1. The number of carboxylic acid groups (broad SMARTS) is 1. The molecule has 17 heavy (non-hydrogen) atoms. The van der Waals surface area contributed by atoms with Gasteiger partial charge in [-0.1, -0.05) is 19.1 Å². The fourth-order valence-electron chi connectivity index (χ4n) is 1.43. The monoisotopic (exact) mass is 233 g/mol. The van der Waals surface area contributed by atoms with Crippen LogP contribution in [-0.2, 0) is 4.79 Å². The first-order chi connectivity index (χ1) is 8.17. The normalized spacial score (nSPS) is 11.5. The van der Waals surface area contributed by atoms with Gasteiger partial charge in [0.15, 0.2) is 0 Å². The summed E-state index contributed by atoms with van der Waals surface area (Å²) in [6.07, 6.45) is 0.757. The summed E-state index contributed by atoms with van der Waals surface area (Å²) in [5, 5.41) is 17.6. The van der Waals surface area contributed by atoms with E-state index in [1.165, 1.54) is 0 Å². The van der Waals surface area contributed by atoms with Crippen molar-refractivity contribution >= 4 is 5.97 Å². The Hall–Kier alpha value is -2.02. The maximum atomic E-state index is 10.6. The first-order valence-corrected chi connectivity index (χ1v) is 5.51. The first-order valence-electron chi connectivity index (χ1n) is 5.51. The highest BCUT2D eigenvalue weighted by Gasteiger charge is 2.14. The summed E-state index contributed by atoms with van der Waals surface area (Å²) in [5.74, 6) is -0.835. The molecule has 0 heterocycles. The minimum absolute atomic E-state index is 0.175. The molecule has 1 atom stereocenters. The fraction of sp³-hybridized carbons (Fsp3) is 0.385. The minimum Gasteiger partial charge on any atom is -0.494 e. The van der Waals surface area contributed by atoms with E-state index >= 15 is 0 Å². The lowest BCUT2D eigenvalue weighted by atomic mass is 9.97. The summed E-state index contributed by atoms with van der Waals surface area (Å²) in [4.78, 5) is 10.6. The zero-order valence-electron chi connectivity index (χ0n) is 9.72. The van der Waals surface area contributed by atoms with Crippen molar-refractivity contribution in [2.45, 2.75) is 25.7 Å². The Morgan fingerprint density at radius 3 is 2.59 bits per heavy atom. The zero-order valence-corrected chi connectivity index (χ0v) is 9.72. The van der Waals surface area contributed by atoms with Crippen molar-refractivity contribution in [3.8, 4) is 11.8 Å². The molecule has 0 unspecified atom stereocenters. The number of nitriles is 1. The molecule has 1 aromatic carbocycles. The highest BCUT2D eigenvalue weighted by atomic mass is 16.5. The Bertz CT molecular complexity index is 406. The average Bonchev–Trinajstić information content (AvgIpc) is 2.34. The smallest absolute Gasteiger partial charge is 0.305 e. The lowest BCUT2D eigenvalue weighted by molar-refractivity contribution is -0.137. The molecule has 0 aliphatic rings. The van der Waals surface area contributed by atoms with Crippen LogP contribution in [0.5, 0.6) is 5.75 Å². The van der Waals surface area contributed by atoms with Crippen LogP contribution >= 0.6 is 0 Å². The number of aliphatic carboxylic acids is 1. The van der Waals surface area contributed by atoms with Crippen molar-refractivity contribution in [3.05, 3.63) is 29.8 Å². The van der Waals surface area contributed by atoms with Gasteiger partial charge in [-0.15, -0.1) is 0 Å². The number of ether oxygens (including phenoxy) is 1. The van der Waals surface area contributed by atoms with E-state index in [9.17, 15) is 4.79 Å². The summed E-state index contributed by atoms with van der Waals surface area (Å²) >= 11 is 0. The summed E-state index contributed by atoms with van der Waals surface area (Å²) in [6, 6.07) is 8.99. The number of benzene rings is 1. The molecule has 0 spiro atoms. The van der Waals surface area contributed by atoms with Crippen LogP contribution in [0, 0.1) is 11.3 Å². The lowest BCUT2D eigenvalue weighted by Gasteiger charge is -2.08. The number of rotatable bonds is 6. The van der Waals surface area contributed by atoms with Crippen LogP contribution in [0.15, 0.2) is 24.3 Å². The zero-order chi connectivity index (χ0) is 12.7. The Kier molecular flexibility index (Phi) is 5.02. The summed E-state index contributed by atoms with van der Waals surface area (Å²) < 4.78 is 5.41. The second-order valence-corrected chi connectivity index (χ2v) is 3.70. The van der Waals surface area contributed by atoms with E-state index in [4.69, 9.17) is 15.1 Å². The fourth-order valence-corrected chi connectivity index (χ4v) is 1.43. The van der Waals surface area contributed by atoms with E-state index < -0.39 is 11.9 Å². The molecule has 0 aliphatic carbocycles. The van der Waals surface area contributed by atoms with Gasteiger partial charge in [-0.05, 0) is 24.1 Å². The van der Waals surface area contributed by atoms with Gasteiger partial charge in [0.2, 0.25) is 0 Å². The van der Waals surface area contributed by atoms with Crippen LogP contribution in [0.25, 0.3) is 0 Å². The van der Waals surface area contributed by atoms with Gasteiger partial charge in [0.25, 0.3) is 0 Å². The lowest BCUT2D eigenvalue weighted by Crippen LogP contribution is -2.04. The van der Waals surface area contributed by atoms with E-state index in [-0.39, 0.29) is 6.42 Å². The van der Waals surface area contributed by atoms with Gasteiger partial charge in [0, 0.05) is 0 Å². The Morgan fingerprint density at radius 2 is 2.12 bits per heavy atom. The van der Waals surface area contributed by atoms with Gasteiger partial charge in [0.1, 0.15) is 5.75 Å². The van der Waals surface area contributed by atoms with Gasteiger partial charge in [0.05, 0.1) is 25.0 Å². The third kappa shape index (κ3) is 4.15. The van der Waals surface area contributed by atoms with Crippen LogP contribution in [0.1, 0.15) is 31.2 Å². The van der Waals surface area contributed by atoms with Crippen LogP contribution < -0.4 is 4.74 Å². The van der Waals surface area contributed by atoms with Gasteiger partial charge in [-0.2, -0.15) is 5.26 Å². The van der Waals surface area contributed by atoms with Crippen molar-refractivity contribution in [3.63, 3.8) is 0 Å². The van der Waals surface area contributed by atoms with Crippen molar-refractivity contribution in [2.24, 2.45) is 0 Å². The molecule has 1 rings (SSSR count). The number of nitrogens with zero attached hydrogens (tertiary/aromatic N) is 1. The van der Waals surface area contributed by atoms with Crippen molar-refractivity contribution in [2.75, 3.05) is 6.61 Å². The standard InChI is InChI=1S/C13H15NO3/c1-2-7-17-12-5-3-10(4-6-12)11(9-14)8-13(15)16/h3-6,11H,2,7-8H2,1H3,(H,15,16)/t11-/m0/s1. The highest BCUT2D eigenvalue weighted by molar-refractivity contribution is 5.68. The molecule has 1 N–H and O–H groups in total. The third-order valence-corrected chi connectivity index (χ3v) is 2.29. The maximum absolute atomic E-state index is 10.6. The average molecular weight is 233 g/mol. The molecule has 90 valence electrons. The Labute approximate surface area is 100 Å². The van der Waals surface area contributed by atoms with Gasteiger partial charge in [-0.3, -0.25) is 4.79 Å². The van der Waals surface area contributed by atoms with E-state index in [2.05, 4.69) is 0 Å². The molecule has 1 aromatic rings. The predicted octanol–water partition coefficient (Wildman–Crippen LogP) is 2.56. The first kappa shape index (κ1) is 13.0. The second kappa shape index (κ2) is 6.54. The van der Waals surface area contributed by atoms with Gasteiger partial charge < -0.3 is 9.84 Å². The van der Waals surface area contributed by atoms with E-state index in [1.54, 1.807) is 24.3 Å². The molecule has 0 radical (unpaired) electrons. The van der Waals surface area contributed by atoms with Crippen LogP contribution in [0.3, 0.4) is 0 Å². The van der Waals surface area contributed by atoms with Crippen molar-refractivity contribution in [1.29, 1.82) is 5.26 Å². The van der Waals surface area contributed by atoms with E-state index in [0.29, 0.717) is 12.2 Å². The highest BCUT2D eigenvalue weighted by Crippen LogP contribution is 2.21. The molecule has 4 heteroatoms. The van der Waals surface area contributed by atoms with Crippen molar-refractivity contribution in [1.82, 2.24) is 0 Å². The number of hydrogen-bond donors (Lipinski definition) is 1. The quantitative estimate of drug-likeness (QED) is 0.819. The van der Waals surface area contributed by atoms with Crippen LogP contribution in [-0.4, -0.2) is 17.7 Å². The Balaban J connectivity index is 2.71. The number of carbonyl (C=O) groups is 1. The third-order valence-electron chi connectivity index (χ3n) is 2.29. The molecule has 0 fully saturated rings. The molecule has 0 aromatic heterocycles. The van der Waals surface area contributed by atoms with Crippen LogP contribution in [0.4, 0.5) is 0 Å². The molecule has 4 nitrogen and oxygen atoms in total. The molecule has 0 amide bonds. The molecular formula is C13H15NO3. The van der Waals surface area contributed by atoms with Crippen molar-refractivity contribution < 1.29 is 14.6 Å². The molecule has 0 saturated heterocycles. The topological polar surface area (TPSA) is 70.3 Å². The maximum Gasteiger partial charge on any atom is 0.305 e. The summed E-state index contributed by atoms with van der Waals surface area (Å²) in [6.45, 7) is 2.67. The predicted molar refractivity (Wildman–Crippen MR) is 62.8 cm³/mol. The van der Waals surface area contributed by atoms with E-state index in [0.717, 1.165) is 12.2 Å². The number of hydrogen-bond acceptors (Lipinski definition) is 3. The summed E-state index contributed by atoms with van der Waals surface area (Å²) in [5.41, 5.74) is 0.707. The Morgan fingerprint density at radius 1 is 1.47 bits per heavy atom. The van der Waals surface area contributed by atoms with Gasteiger partial charge >= 0.3 is 5.97 Å².